The zero-order valence-corrected chi connectivity index (χ0v) is 7.81. The van der Waals surface area contributed by atoms with Gasteiger partial charge in [-0.2, -0.15) is 0 Å². The van der Waals surface area contributed by atoms with Crippen LogP contribution in [0.5, 0.6) is 0 Å². The highest BCUT2D eigenvalue weighted by atomic mass is 35.6. The monoisotopic (exact) mass is 204 g/mol. The standard InChI is InChI=1S/C4H10N2.CHCl3/c1-2-6-4-3-5-1;2-1(3)4/h5-6H,1-4H2;1H. The molecule has 1 aliphatic rings. The first-order valence-corrected chi connectivity index (χ1v) is 4.38. The Bertz CT molecular complexity index is 51.6. The molecule has 1 rings (SSSR count). The maximum Gasteiger partial charge on any atom is 0.180 e. The van der Waals surface area contributed by atoms with Crippen molar-refractivity contribution in [2.75, 3.05) is 26.2 Å². The molecule has 1 aliphatic heterocycles. The fourth-order valence-electron chi connectivity index (χ4n) is 0.604. The Labute approximate surface area is 76.2 Å². The predicted molar refractivity (Wildman–Crippen MR) is 47.1 cm³/mol. The molecule has 0 aromatic rings. The van der Waals surface area contributed by atoms with Gasteiger partial charge in [-0.25, -0.2) is 0 Å². The largest absolute Gasteiger partial charge is 0.314 e. The number of piperazine rings is 1. The van der Waals surface area contributed by atoms with Crippen LogP contribution >= 0.6 is 34.8 Å². The highest BCUT2D eigenvalue weighted by Gasteiger charge is 1.91. The molecule has 0 amide bonds. The highest BCUT2D eigenvalue weighted by molar-refractivity contribution is 6.63. The Morgan fingerprint density at radius 2 is 1.00 bits per heavy atom. The number of halogens is 3. The molecule has 62 valence electrons. The maximum atomic E-state index is 4.81. The summed E-state index contributed by atoms with van der Waals surface area (Å²) in [7, 11) is 0. The summed E-state index contributed by atoms with van der Waals surface area (Å²) in [4.78, 5) is 0. The van der Waals surface area contributed by atoms with Crippen molar-refractivity contribution in [3.05, 3.63) is 0 Å². The molecule has 1 fully saturated rings. The van der Waals surface area contributed by atoms with Crippen LogP contribution in [-0.4, -0.2) is 30.5 Å². The van der Waals surface area contributed by atoms with Gasteiger partial charge >= 0.3 is 0 Å². The molecule has 0 atom stereocenters. The molecular weight excluding hydrogens is 194 g/mol. The summed E-state index contributed by atoms with van der Waals surface area (Å²) in [5, 5.41) is 6.44. The first kappa shape index (κ1) is 10.8. The molecule has 10 heavy (non-hydrogen) atoms. The van der Waals surface area contributed by atoms with E-state index in [1.165, 1.54) is 0 Å². The van der Waals surface area contributed by atoms with Gasteiger partial charge in [-0.3, -0.25) is 0 Å². The molecule has 0 saturated carbocycles. The lowest BCUT2D eigenvalue weighted by atomic mass is 10.4. The van der Waals surface area contributed by atoms with E-state index in [-0.39, 0.29) is 0 Å². The van der Waals surface area contributed by atoms with Crippen molar-refractivity contribution in [1.82, 2.24) is 10.6 Å². The third-order valence-electron chi connectivity index (χ3n) is 0.957. The lowest BCUT2D eigenvalue weighted by Gasteiger charge is -2.11. The van der Waals surface area contributed by atoms with E-state index in [2.05, 4.69) is 10.6 Å². The first-order valence-electron chi connectivity index (χ1n) is 3.07. The minimum Gasteiger partial charge on any atom is -0.314 e. The topological polar surface area (TPSA) is 24.1 Å². The van der Waals surface area contributed by atoms with Crippen LogP contribution in [0.2, 0.25) is 0 Å². The molecular formula is C5H11Cl3N2. The summed E-state index contributed by atoms with van der Waals surface area (Å²) in [6.45, 7) is 4.56. The molecule has 0 radical (unpaired) electrons. The molecule has 2 nitrogen and oxygen atoms in total. The summed E-state index contributed by atoms with van der Waals surface area (Å²) in [5.41, 5.74) is 0. The van der Waals surface area contributed by atoms with Crippen LogP contribution in [-0.2, 0) is 0 Å². The van der Waals surface area contributed by atoms with E-state index >= 15 is 0 Å². The summed E-state index contributed by atoms with van der Waals surface area (Å²) in [6, 6.07) is 0. The number of nitrogens with one attached hydrogen (secondary N) is 2. The number of alkyl halides is 3. The zero-order chi connectivity index (χ0) is 7.82. The fourth-order valence-corrected chi connectivity index (χ4v) is 0.604. The minimum absolute atomic E-state index is 0.750. The molecule has 0 unspecified atom stereocenters. The van der Waals surface area contributed by atoms with Gasteiger partial charge in [0, 0.05) is 26.2 Å². The van der Waals surface area contributed by atoms with E-state index in [4.69, 9.17) is 34.8 Å². The van der Waals surface area contributed by atoms with Crippen LogP contribution in [0.1, 0.15) is 0 Å². The average molecular weight is 206 g/mol. The zero-order valence-electron chi connectivity index (χ0n) is 5.54. The van der Waals surface area contributed by atoms with Gasteiger partial charge in [-0.1, -0.05) is 34.8 Å². The third kappa shape index (κ3) is 11.6. The van der Waals surface area contributed by atoms with Gasteiger partial charge in [0.05, 0.1) is 0 Å². The predicted octanol–water partition coefficient (Wildman–Crippen LogP) is 1.17. The van der Waals surface area contributed by atoms with E-state index in [1.807, 2.05) is 0 Å². The summed E-state index contributed by atoms with van der Waals surface area (Å²) in [6.07, 6.45) is 0. The van der Waals surface area contributed by atoms with Crippen LogP contribution in [0.3, 0.4) is 0 Å². The molecule has 1 heterocycles. The van der Waals surface area contributed by atoms with Gasteiger partial charge < -0.3 is 10.6 Å². The van der Waals surface area contributed by atoms with E-state index in [1.54, 1.807) is 0 Å². The Balaban J connectivity index is 0.000000180. The van der Waals surface area contributed by atoms with Crippen molar-refractivity contribution < 1.29 is 0 Å². The smallest absolute Gasteiger partial charge is 0.180 e. The van der Waals surface area contributed by atoms with Gasteiger partial charge in [-0.15, -0.1) is 0 Å². The van der Waals surface area contributed by atoms with Gasteiger partial charge in [0.15, 0.2) is 4.30 Å². The Kier molecular flexibility index (Phi) is 8.52. The lowest BCUT2D eigenvalue weighted by molar-refractivity contribution is 0.534. The third-order valence-corrected chi connectivity index (χ3v) is 0.957. The van der Waals surface area contributed by atoms with Crippen molar-refractivity contribution in [2.45, 2.75) is 4.30 Å². The second-order valence-electron chi connectivity index (χ2n) is 1.75. The maximum absolute atomic E-state index is 4.81. The van der Waals surface area contributed by atoms with Crippen LogP contribution in [0.15, 0.2) is 0 Å². The lowest BCUT2D eigenvalue weighted by Crippen LogP contribution is -2.39. The molecule has 0 aromatic carbocycles. The fraction of sp³-hybridized carbons (Fsp3) is 1.00. The molecule has 0 aliphatic carbocycles. The van der Waals surface area contributed by atoms with Crippen LogP contribution in [0, 0.1) is 0 Å². The number of hydrogen-bond acceptors (Lipinski definition) is 2. The minimum atomic E-state index is -0.750. The molecule has 5 heteroatoms. The Hall–Kier alpha value is 0.790. The highest BCUT2D eigenvalue weighted by Crippen LogP contribution is 2.03. The Morgan fingerprint density at radius 3 is 1.10 bits per heavy atom. The van der Waals surface area contributed by atoms with Crippen molar-refractivity contribution in [1.29, 1.82) is 0 Å². The van der Waals surface area contributed by atoms with Gasteiger partial charge in [0.25, 0.3) is 0 Å². The van der Waals surface area contributed by atoms with E-state index in [0.29, 0.717) is 0 Å². The molecule has 2 N–H and O–H groups in total. The van der Waals surface area contributed by atoms with Gasteiger partial charge in [0.1, 0.15) is 0 Å². The molecule has 0 bridgehead atoms. The van der Waals surface area contributed by atoms with E-state index in [9.17, 15) is 0 Å². The second-order valence-corrected chi connectivity index (χ2v) is 3.73. The van der Waals surface area contributed by atoms with Crippen LogP contribution in [0.4, 0.5) is 0 Å². The molecule has 0 aromatic heterocycles. The van der Waals surface area contributed by atoms with Crippen LogP contribution < -0.4 is 10.6 Å². The number of rotatable bonds is 0. The summed E-state index contributed by atoms with van der Waals surface area (Å²) >= 11 is 14.4. The summed E-state index contributed by atoms with van der Waals surface area (Å²) in [5.74, 6) is 0. The SMILES string of the molecule is C1CNCCN1.ClC(Cl)Cl. The van der Waals surface area contributed by atoms with Gasteiger partial charge in [0.2, 0.25) is 0 Å². The number of hydrogen-bond donors (Lipinski definition) is 2. The van der Waals surface area contributed by atoms with Crippen molar-refractivity contribution in [3.63, 3.8) is 0 Å². The van der Waals surface area contributed by atoms with Crippen LogP contribution in [0.25, 0.3) is 0 Å². The Morgan fingerprint density at radius 1 is 0.800 bits per heavy atom. The first-order chi connectivity index (χ1) is 4.73. The average Bonchev–Trinajstić information content (AvgIpc) is 1.90. The van der Waals surface area contributed by atoms with Crippen molar-refractivity contribution in [3.8, 4) is 0 Å². The van der Waals surface area contributed by atoms with Crippen molar-refractivity contribution >= 4 is 34.8 Å². The summed E-state index contributed by atoms with van der Waals surface area (Å²) < 4.78 is -0.750. The van der Waals surface area contributed by atoms with Gasteiger partial charge in [-0.05, 0) is 0 Å². The normalized spacial score (nSPS) is 18.0. The molecule has 0 spiro atoms. The van der Waals surface area contributed by atoms with E-state index < -0.39 is 4.30 Å². The molecule has 1 saturated heterocycles. The quantitative estimate of drug-likeness (QED) is 0.580. The van der Waals surface area contributed by atoms with E-state index in [0.717, 1.165) is 26.2 Å². The van der Waals surface area contributed by atoms with Crippen molar-refractivity contribution in [2.24, 2.45) is 0 Å². The second kappa shape index (κ2) is 7.89.